The van der Waals surface area contributed by atoms with Gasteiger partial charge in [-0.2, -0.15) is 0 Å². The molecule has 0 aliphatic carbocycles. The number of carbonyl (C=O) groups is 1. The molecule has 0 amide bonds. The molecule has 2 aromatic rings. The van der Waals surface area contributed by atoms with Gasteiger partial charge in [0.2, 0.25) is 0 Å². The van der Waals surface area contributed by atoms with Gasteiger partial charge < -0.3 is 4.74 Å². The van der Waals surface area contributed by atoms with Crippen LogP contribution in [0.25, 0.3) is 5.69 Å². The lowest BCUT2D eigenvalue weighted by Gasteiger charge is -2.01. The number of esters is 1. The van der Waals surface area contributed by atoms with E-state index < -0.39 is 17.3 Å². The molecular formula is C11H9FN2O3. The highest BCUT2D eigenvalue weighted by Crippen LogP contribution is 2.06. The second-order valence-corrected chi connectivity index (χ2v) is 3.31. The number of H-pyrrole nitrogens is 1. The number of aromatic nitrogens is 2. The van der Waals surface area contributed by atoms with E-state index in [0.29, 0.717) is 5.69 Å². The molecule has 1 N–H and O–H groups in total. The van der Waals surface area contributed by atoms with E-state index >= 15 is 0 Å². The van der Waals surface area contributed by atoms with E-state index in [2.05, 4.69) is 9.84 Å². The maximum Gasteiger partial charge on any atom is 0.356 e. The molecule has 1 aromatic carbocycles. The minimum atomic E-state index is -0.636. The monoisotopic (exact) mass is 236 g/mol. The number of nitrogens with zero attached hydrogens (tertiary/aromatic N) is 1. The fourth-order valence-electron chi connectivity index (χ4n) is 1.39. The molecule has 2 rings (SSSR count). The van der Waals surface area contributed by atoms with Crippen LogP contribution in [0.2, 0.25) is 0 Å². The van der Waals surface area contributed by atoms with Crippen LogP contribution in [0.4, 0.5) is 4.39 Å². The number of rotatable bonds is 2. The van der Waals surface area contributed by atoms with Crippen LogP contribution in [-0.4, -0.2) is 22.9 Å². The fourth-order valence-corrected chi connectivity index (χ4v) is 1.39. The number of hydrogen-bond donors (Lipinski definition) is 1. The Balaban J connectivity index is 2.46. The Morgan fingerprint density at radius 2 is 2.00 bits per heavy atom. The predicted molar refractivity (Wildman–Crippen MR) is 57.7 cm³/mol. The van der Waals surface area contributed by atoms with Gasteiger partial charge in [0, 0.05) is 6.07 Å². The summed E-state index contributed by atoms with van der Waals surface area (Å²) in [5.74, 6) is -1.04. The van der Waals surface area contributed by atoms with Crippen LogP contribution in [0.3, 0.4) is 0 Å². The zero-order valence-corrected chi connectivity index (χ0v) is 8.94. The van der Waals surface area contributed by atoms with Crippen molar-refractivity contribution in [1.82, 2.24) is 9.78 Å². The van der Waals surface area contributed by atoms with Gasteiger partial charge in [-0.15, -0.1) is 0 Å². The quantitative estimate of drug-likeness (QED) is 0.794. The number of benzene rings is 1. The lowest BCUT2D eigenvalue weighted by Crippen LogP contribution is -2.13. The van der Waals surface area contributed by atoms with Crippen LogP contribution in [0, 0.1) is 5.82 Å². The SMILES string of the molecule is COC(=O)c1cc(=O)n(-c2ccc(F)cc2)[nH]1. The predicted octanol–water partition coefficient (Wildman–Crippen LogP) is 1.09. The van der Waals surface area contributed by atoms with Gasteiger partial charge in [0.05, 0.1) is 12.8 Å². The number of hydrogen-bond acceptors (Lipinski definition) is 3. The molecule has 6 heteroatoms. The lowest BCUT2D eigenvalue weighted by molar-refractivity contribution is 0.0593. The third-order valence-corrected chi connectivity index (χ3v) is 2.21. The Morgan fingerprint density at radius 3 is 2.59 bits per heavy atom. The first-order valence-corrected chi connectivity index (χ1v) is 4.78. The van der Waals surface area contributed by atoms with Gasteiger partial charge in [0.1, 0.15) is 11.5 Å². The second-order valence-electron chi connectivity index (χ2n) is 3.31. The highest BCUT2D eigenvalue weighted by Gasteiger charge is 2.11. The van der Waals surface area contributed by atoms with E-state index in [1.807, 2.05) is 0 Å². The number of carbonyl (C=O) groups excluding carboxylic acids is 1. The minimum Gasteiger partial charge on any atom is -0.464 e. The molecule has 17 heavy (non-hydrogen) atoms. The number of aromatic amines is 1. The first kappa shape index (κ1) is 11.1. The molecule has 1 heterocycles. The third kappa shape index (κ3) is 2.10. The number of ether oxygens (including phenoxy) is 1. The molecule has 88 valence electrons. The summed E-state index contributed by atoms with van der Waals surface area (Å²) in [6, 6.07) is 6.42. The third-order valence-electron chi connectivity index (χ3n) is 2.21. The van der Waals surface area contributed by atoms with Crippen molar-refractivity contribution in [3.05, 3.63) is 52.2 Å². The number of nitrogens with one attached hydrogen (secondary N) is 1. The number of halogens is 1. The summed E-state index contributed by atoms with van der Waals surface area (Å²) in [6.07, 6.45) is 0. The van der Waals surface area contributed by atoms with Gasteiger partial charge in [-0.25, -0.2) is 13.9 Å². The molecule has 0 saturated heterocycles. The molecule has 0 fully saturated rings. The molecule has 0 aliphatic rings. The lowest BCUT2D eigenvalue weighted by atomic mass is 10.3. The van der Waals surface area contributed by atoms with Gasteiger partial charge in [-0.05, 0) is 24.3 Å². The van der Waals surface area contributed by atoms with Crippen LogP contribution in [0.1, 0.15) is 10.5 Å². The Hall–Kier alpha value is -2.37. The zero-order valence-electron chi connectivity index (χ0n) is 8.94. The van der Waals surface area contributed by atoms with Crippen LogP contribution in [0.15, 0.2) is 35.1 Å². The van der Waals surface area contributed by atoms with Crippen LogP contribution in [-0.2, 0) is 4.74 Å². The highest BCUT2D eigenvalue weighted by molar-refractivity contribution is 5.86. The van der Waals surface area contributed by atoms with Gasteiger partial charge >= 0.3 is 5.97 Å². The first-order chi connectivity index (χ1) is 8.11. The molecule has 0 spiro atoms. The standard InChI is InChI=1S/C11H9FN2O3/c1-17-11(16)9-6-10(15)14(13-9)8-4-2-7(12)3-5-8/h2-6,13H,1H3. The maximum atomic E-state index is 12.7. The van der Waals surface area contributed by atoms with Crippen molar-refractivity contribution in [3.8, 4) is 5.69 Å². The smallest absolute Gasteiger partial charge is 0.356 e. The molecule has 0 bridgehead atoms. The summed E-state index contributed by atoms with van der Waals surface area (Å²) in [6.45, 7) is 0. The molecule has 0 radical (unpaired) electrons. The summed E-state index contributed by atoms with van der Waals surface area (Å²) < 4.78 is 18.3. The Kier molecular flexibility index (Phi) is 2.78. The number of methoxy groups -OCH3 is 1. The minimum absolute atomic E-state index is 0.0434. The van der Waals surface area contributed by atoms with Gasteiger partial charge in [0.15, 0.2) is 0 Å². The molecule has 0 saturated carbocycles. The normalized spacial score (nSPS) is 10.2. The van der Waals surface area contributed by atoms with Crippen molar-refractivity contribution < 1.29 is 13.9 Å². The largest absolute Gasteiger partial charge is 0.464 e. The molecule has 1 aromatic heterocycles. The van der Waals surface area contributed by atoms with Gasteiger partial charge in [0.25, 0.3) is 5.56 Å². The Morgan fingerprint density at radius 1 is 1.35 bits per heavy atom. The topological polar surface area (TPSA) is 64.1 Å². The van der Waals surface area contributed by atoms with Crippen molar-refractivity contribution in [3.63, 3.8) is 0 Å². The van der Waals surface area contributed by atoms with Crippen molar-refractivity contribution in [1.29, 1.82) is 0 Å². The summed E-state index contributed by atoms with van der Waals surface area (Å²) in [4.78, 5) is 22.8. The van der Waals surface area contributed by atoms with Crippen LogP contribution in [0.5, 0.6) is 0 Å². The second kappa shape index (κ2) is 4.25. The summed E-state index contributed by atoms with van der Waals surface area (Å²) in [7, 11) is 1.22. The van der Waals surface area contributed by atoms with Gasteiger partial charge in [-0.3, -0.25) is 9.89 Å². The first-order valence-electron chi connectivity index (χ1n) is 4.78. The van der Waals surface area contributed by atoms with E-state index in [4.69, 9.17) is 0 Å². The molecule has 0 atom stereocenters. The highest BCUT2D eigenvalue weighted by atomic mass is 19.1. The van der Waals surface area contributed by atoms with E-state index in [0.717, 1.165) is 10.7 Å². The van der Waals surface area contributed by atoms with Crippen molar-refractivity contribution >= 4 is 5.97 Å². The van der Waals surface area contributed by atoms with Crippen LogP contribution < -0.4 is 5.56 Å². The Bertz CT molecular complexity index is 598. The molecule has 5 nitrogen and oxygen atoms in total. The Labute approximate surface area is 95.4 Å². The molecule has 0 unspecified atom stereocenters. The maximum absolute atomic E-state index is 12.7. The van der Waals surface area contributed by atoms with Crippen LogP contribution >= 0.6 is 0 Å². The van der Waals surface area contributed by atoms with E-state index in [1.54, 1.807) is 0 Å². The summed E-state index contributed by atoms with van der Waals surface area (Å²) >= 11 is 0. The average molecular weight is 236 g/mol. The average Bonchev–Trinajstić information content (AvgIpc) is 2.71. The van der Waals surface area contributed by atoms with Crippen molar-refractivity contribution in [2.45, 2.75) is 0 Å². The fraction of sp³-hybridized carbons (Fsp3) is 0.0909. The van der Waals surface area contributed by atoms with E-state index in [1.165, 1.54) is 31.4 Å². The van der Waals surface area contributed by atoms with Crippen molar-refractivity contribution in [2.75, 3.05) is 7.11 Å². The van der Waals surface area contributed by atoms with Crippen molar-refractivity contribution in [2.24, 2.45) is 0 Å². The molecule has 0 aliphatic heterocycles. The summed E-state index contributed by atoms with van der Waals surface area (Å²) in [5, 5.41) is 2.58. The summed E-state index contributed by atoms with van der Waals surface area (Å²) in [5.41, 5.74) is 0.0605. The van der Waals surface area contributed by atoms with Gasteiger partial charge in [-0.1, -0.05) is 0 Å². The van der Waals surface area contributed by atoms with E-state index in [-0.39, 0.29) is 5.69 Å². The molecular weight excluding hydrogens is 227 g/mol. The van der Waals surface area contributed by atoms with E-state index in [9.17, 15) is 14.0 Å². The zero-order chi connectivity index (χ0) is 12.4.